The van der Waals surface area contributed by atoms with E-state index in [0.29, 0.717) is 5.92 Å². The van der Waals surface area contributed by atoms with Crippen molar-refractivity contribution in [2.75, 3.05) is 0 Å². The molecule has 16 heavy (non-hydrogen) atoms. The predicted octanol–water partition coefficient (Wildman–Crippen LogP) is 2.06. The summed E-state index contributed by atoms with van der Waals surface area (Å²) >= 11 is 0. The van der Waals surface area contributed by atoms with Gasteiger partial charge in [-0.1, -0.05) is 6.92 Å². The van der Waals surface area contributed by atoms with E-state index in [2.05, 4.69) is 12.2 Å². The number of rotatable bonds is 2. The molecule has 1 saturated carbocycles. The lowest BCUT2D eigenvalue weighted by Gasteiger charge is -2.33. The first-order chi connectivity index (χ1) is 7.56. The Morgan fingerprint density at radius 1 is 1.50 bits per heavy atom. The summed E-state index contributed by atoms with van der Waals surface area (Å²) < 4.78 is 12.9. The van der Waals surface area contributed by atoms with Gasteiger partial charge in [-0.25, -0.2) is 4.39 Å². The van der Waals surface area contributed by atoms with Crippen molar-refractivity contribution >= 4 is 5.91 Å². The number of phenols is 1. The van der Waals surface area contributed by atoms with Crippen LogP contribution in [0.2, 0.25) is 0 Å². The first-order valence-electron chi connectivity index (χ1n) is 5.35. The van der Waals surface area contributed by atoms with Gasteiger partial charge >= 0.3 is 0 Å². The van der Waals surface area contributed by atoms with E-state index in [1.165, 1.54) is 6.07 Å². The lowest BCUT2D eigenvalue weighted by atomic mass is 9.82. The molecule has 0 atom stereocenters. The van der Waals surface area contributed by atoms with Gasteiger partial charge in [0.15, 0.2) is 0 Å². The molecule has 2 N–H and O–H groups in total. The summed E-state index contributed by atoms with van der Waals surface area (Å²) in [7, 11) is 0. The molecule has 4 heteroatoms. The highest BCUT2D eigenvalue weighted by Crippen LogP contribution is 2.27. The summed E-state index contributed by atoms with van der Waals surface area (Å²) in [6.07, 6.45) is 1.89. The van der Waals surface area contributed by atoms with E-state index in [1.54, 1.807) is 0 Å². The molecular weight excluding hydrogens is 209 g/mol. The third-order valence-electron chi connectivity index (χ3n) is 2.91. The van der Waals surface area contributed by atoms with E-state index >= 15 is 0 Å². The molecule has 1 fully saturated rings. The molecular formula is C12H14FNO2. The standard InChI is InChI=1S/C12H14FNO2/c1-7-4-9(5-7)14-12(16)10-6-8(13)2-3-11(10)15/h2-3,6-7,9,15H,4-5H2,1H3,(H,14,16). The number of aromatic hydroxyl groups is 1. The molecule has 0 saturated heterocycles. The second kappa shape index (κ2) is 4.12. The largest absolute Gasteiger partial charge is 0.507 e. The fourth-order valence-corrected chi connectivity index (χ4v) is 1.97. The molecule has 1 amide bonds. The number of amides is 1. The lowest BCUT2D eigenvalue weighted by molar-refractivity contribution is 0.0893. The van der Waals surface area contributed by atoms with Crippen LogP contribution in [-0.2, 0) is 0 Å². The van der Waals surface area contributed by atoms with Gasteiger partial charge in [0.05, 0.1) is 5.56 Å². The zero-order chi connectivity index (χ0) is 11.7. The molecule has 2 rings (SSSR count). The molecule has 0 heterocycles. The summed E-state index contributed by atoms with van der Waals surface area (Å²) in [4.78, 5) is 11.7. The van der Waals surface area contributed by atoms with Crippen LogP contribution in [0.25, 0.3) is 0 Å². The van der Waals surface area contributed by atoms with Crippen molar-refractivity contribution in [2.45, 2.75) is 25.8 Å². The van der Waals surface area contributed by atoms with Crippen LogP contribution in [0.15, 0.2) is 18.2 Å². The fourth-order valence-electron chi connectivity index (χ4n) is 1.97. The van der Waals surface area contributed by atoms with E-state index in [1.807, 2.05) is 0 Å². The zero-order valence-corrected chi connectivity index (χ0v) is 9.03. The van der Waals surface area contributed by atoms with Crippen molar-refractivity contribution in [1.29, 1.82) is 0 Å². The van der Waals surface area contributed by atoms with Gasteiger partial charge in [0.2, 0.25) is 0 Å². The Hall–Kier alpha value is -1.58. The summed E-state index contributed by atoms with van der Waals surface area (Å²) in [6, 6.07) is 3.52. The fraction of sp³-hybridized carbons (Fsp3) is 0.417. The first-order valence-corrected chi connectivity index (χ1v) is 5.35. The molecule has 1 aromatic rings. The average Bonchev–Trinajstić information content (AvgIpc) is 2.19. The first kappa shape index (κ1) is 10.9. The molecule has 0 unspecified atom stereocenters. The van der Waals surface area contributed by atoms with E-state index in [0.717, 1.165) is 25.0 Å². The Bertz CT molecular complexity index is 413. The van der Waals surface area contributed by atoms with Gasteiger partial charge in [-0.3, -0.25) is 4.79 Å². The third-order valence-corrected chi connectivity index (χ3v) is 2.91. The Morgan fingerprint density at radius 2 is 2.19 bits per heavy atom. The Morgan fingerprint density at radius 3 is 2.81 bits per heavy atom. The topological polar surface area (TPSA) is 49.3 Å². The van der Waals surface area contributed by atoms with E-state index < -0.39 is 11.7 Å². The highest BCUT2D eigenvalue weighted by Gasteiger charge is 2.27. The average molecular weight is 223 g/mol. The summed E-state index contributed by atoms with van der Waals surface area (Å²) in [6.45, 7) is 2.11. The predicted molar refractivity (Wildman–Crippen MR) is 57.7 cm³/mol. The molecule has 0 aliphatic heterocycles. The minimum atomic E-state index is -0.523. The summed E-state index contributed by atoms with van der Waals surface area (Å²) in [5.41, 5.74) is -0.000414. The highest BCUT2D eigenvalue weighted by atomic mass is 19.1. The van der Waals surface area contributed by atoms with Gasteiger partial charge < -0.3 is 10.4 Å². The quantitative estimate of drug-likeness (QED) is 0.806. The molecule has 0 aromatic heterocycles. The molecule has 0 radical (unpaired) electrons. The van der Waals surface area contributed by atoms with Crippen LogP contribution < -0.4 is 5.32 Å². The van der Waals surface area contributed by atoms with Crippen LogP contribution in [0.4, 0.5) is 4.39 Å². The van der Waals surface area contributed by atoms with Gasteiger partial charge in [0.1, 0.15) is 11.6 Å². The van der Waals surface area contributed by atoms with E-state index in [-0.39, 0.29) is 17.4 Å². The Balaban J connectivity index is 2.05. The van der Waals surface area contributed by atoms with Gasteiger partial charge in [0.25, 0.3) is 5.91 Å². The molecule has 1 aromatic carbocycles. The van der Waals surface area contributed by atoms with Gasteiger partial charge in [0, 0.05) is 6.04 Å². The molecule has 0 bridgehead atoms. The number of phenolic OH excluding ortho intramolecular Hbond substituents is 1. The molecule has 0 spiro atoms. The maximum absolute atomic E-state index is 12.9. The van der Waals surface area contributed by atoms with Gasteiger partial charge in [-0.05, 0) is 37.0 Å². The molecule has 3 nitrogen and oxygen atoms in total. The number of hydrogen-bond donors (Lipinski definition) is 2. The maximum Gasteiger partial charge on any atom is 0.255 e. The SMILES string of the molecule is CC1CC(NC(=O)c2cc(F)ccc2O)C1. The van der Waals surface area contributed by atoms with Crippen LogP contribution >= 0.6 is 0 Å². The lowest BCUT2D eigenvalue weighted by Crippen LogP contribution is -2.43. The van der Waals surface area contributed by atoms with Crippen LogP contribution in [-0.4, -0.2) is 17.1 Å². The Kier molecular flexibility index (Phi) is 2.81. The minimum absolute atomic E-state index is 0.000414. The number of carbonyl (C=O) groups excluding carboxylic acids is 1. The monoisotopic (exact) mass is 223 g/mol. The number of nitrogens with one attached hydrogen (secondary N) is 1. The van der Waals surface area contributed by atoms with Gasteiger partial charge in [-0.15, -0.1) is 0 Å². The molecule has 1 aliphatic carbocycles. The Labute approximate surface area is 93.3 Å². The number of benzene rings is 1. The number of carbonyl (C=O) groups is 1. The van der Waals surface area contributed by atoms with Crippen LogP contribution in [0.3, 0.4) is 0 Å². The zero-order valence-electron chi connectivity index (χ0n) is 9.03. The summed E-state index contributed by atoms with van der Waals surface area (Å²) in [5, 5.41) is 12.2. The van der Waals surface area contributed by atoms with Crippen LogP contribution in [0, 0.1) is 11.7 Å². The van der Waals surface area contributed by atoms with Crippen molar-refractivity contribution in [1.82, 2.24) is 5.32 Å². The van der Waals surface area contributed by atoms with Crippen molar-refractivity contribution in [3.05, 3.63) is 29.6 Å². The summed E-state index contributed by atoms with van der Waals surface area (Å²) in [5.74, 6) is -0.489. The smallest absolute Gasteiger partial charge is 0.255 e. The second-order valence-electron chi connectivity index (χ2n) is 4.41. The normalized spacial score (nSPS) is 23.6. The molecule has 1 aliphatic rings. The van der Waals surface area contributed by atoms with Crippen LogP contribution in [0.1, 0.15) is 30.1 Å². The maximum atomic E-state index is 12.9. The third kappa shape index (κ3) is 2.15. The number of hydrogen-bond acceptors (Lipinski definition) is 2. The molecule has 86 valence electrons. The minimum Gasteiger partial charge on any atom is -0.507 e. The second-order valence-corrected chi connectivity index (χ2v) is 4.41. The van der Waals surface area contributed by atoms with E-state index in [4.69, 9.17) is 0 Å². The van der Waals surface area contributed by atoms with Gasteiger partial charge in [-0.2, -0.15) is 0 Å². The van der Waals surface area contributed by atoms with Crippen molar-refractivity contribution in [3.8, 4) is 5.75 Å². The van der Waals surface area contributed by atoms with Crippen molar-refractivity contribution in [2.24, 2.45) is 5.92 Å². The van der Waals surface area contributed by atoms with Crippen molar-refractivity contribution in [3.63, 3.8) is 0 Å². The van der Waals surface area contributed by atoms with Crippen molar-refractivity contribution < 1.29 is 14.3 Å². The van der Waals surface area contributed by atoms with Crippen LogP contribution in [0.5, 0.6) is 5.75 Å². The van der Waals surface area contributed by atoms with E-state index in [9.17, 15) is 14.3 Å². The highest BCUT2D eigenvalue weighted by molar-refractivity contribution is 5.97. The number of halogens is 1.